The minimum atomic E-state index is -1.28. The monoisotopic (exact) mass is 179 g/mol. The first kappa shape index (κ1) is 9.33. The quantitative estimate of drug-likeness (QED) is 0.631. The lowest BCUT2D eigenvalue weighted by molar-refractivity contribution is 0.418. The summed E-state index contributed by atoms with van der Waals surface area (Å²) >= 11 is 0. The van der Waals surface area contributed by atoms with Gasteiger partial charge in [-0.3, -0.25) is 0 Å². The van der Waals surface area contributed by atoms with Crippen LogP contribution in [0.2, 0.25) is 19.6 Å². The van der Waals surface area contributed by atoms with Gasteiger partial charge in [0.2, 0.25) is 0 Å². The van der Waals surface area contributed by atoms with E-state index < -0.39 is 8.07 Å². The Labute approximate surface area is 75.4 Å². The fourth-order valence-corrected chi connectivity index (χ4v) is 2.62. The molecule has 0 N–H and O–H groups in total. The average Bonchev–Trinajstić information content (AvgIpc) is 2.03. The molecule has 12 heavy (non-hydrogen) atoms. The number of hydrogen-bond acceptors (Lipinski definition) is 1. The maximum absolute atomic E-state index is 5.28. The van der Waals surface area contributed by atoms with Gasteiger partial charge in [-0.1, -0.05) is 31.8 Å². The number of rotatable bonds is 2. The molecule has 0 aliphatic carbocycles. The first-order valence-corrected chi connectivity index (χ1v) is 7.61. The summed E-state index contributed by atoms with van der Waals surface area (Å²) in [6, 6.07) is 9.18. The highest BCUT2D eigenvalue weighted by Crippen LogP contribution is 2.12. The largest absolute Gasteiger partial charge is 0.497 e. The van der Waals surface area contributed by atoms with Gasteiger partial charge in [0, 0.05) is 0 Å². The van der Waals surface area contributed by atoms with Gasteiger partial charge in [0.25, 0.3) is 0 Å². The van der Waals surface area contributed by atoms with Gasteiger partial charge in [0.05, 0.1) is 15.2 Å². The van der Waals surface area contributed by atoms with Crippen molar-refractivity contribution in [2.75, 3.05) is 7.11 Å². The van der Waals surface area contributed by atoms with Crippen LogP contribution in [0.1, 0.15) is 0 Å². The summed E-state index contributed by atoms with van der Waals surface area (Å²) in [6.07, 6.45) is 0. The molecule has 0 aliphatic rings. The van der Waals surface area contributed by atoms with Crippen molar-refractivity contribution < 1.29 is 4.74 Å². The van der Waals surface area contributed by atoms with Gasteiger partial charge in [-0.25, -0.2) is 0 Å². The van der Waals surface area contributed by atoms with Crippen molar-refractivity contribution in [3.05, 3.63) is 24.3 Å². The zero-order valence-corrected chi connectivity index (χ0v) is 9.14. The van der Waals surface area contributed by atoms with E-state index in [1.165, 1.54) is 5.19 Å². The molecule has 0 unspecified atom stereocenters. The van der Waals surface area contributed by atoms with Gasteiger partial charge < -0.3 is 4.74 Å². The third-order valence-electron chi connectivity index (χ3n) is 1.79. The Hall–Kier alpha value is -0.763. The smallest absolute Gasteiger partial charge is 0.118 e. The van der Waals surface area contributed by atoms with Crippen molar-refractivity contribution in [3.8, 4) is 5.75 Å². The molecule has 0 aromatic heterocycles. The molecule has 2 heteroatoms. The highest BCUT2D eigenvalue weighted by molar-refractivity contribution is 6.89. The Bertz CT molecular complexity index is 263. The molecule has 1 aromatic carbocycles. The van der Waals surface area contributed by atoms with Crippen LogP contribution in [0.25, 0.3) is 0 Å². The molecule has 0 fully saturated rings. The van der Waals surface area contributed by atoms with Crippen molar-refractivity contribution in [2.45, 2.75) is 19.6 Å². The summed E-state index contributed by atoms with van der Waals surface area (Å²) in [5.74, 6) is 0.983. The van der Waals surface area contributed by atoms with E-state index in [0.717, 1.165) is 5.75 Å². The zero-order chi connectivity index (χ0) is 9.19. The average molecular weight is 179 g/mol. The van der Waals surface area contributed by atoms with E-state index >= 15 is 0 Å². The van der Waals surface area contributed by atoms with Crippen LogP contribution in [0.5, 0.6) is 5.75 Å². The van der Waals surface area contributed by atoms with E-state index in [4.69, 9.17) is 4.74 Å². The lowest BCUT2D eigenvalue weighted by Gasteiger charge is -2.18. The molecular weight excluding hydrogens is 164 g/mol. The van der Waals surface area contributed by atoms with Gasteiger partial charge in [-0.15, -0.1) is 0 Å². The van der Waals surface area contributed by atoms with Gasteiger partial charge in [0.15, 0.2) is 0 Å². The summed E-state index contributed by atoms with van der Waals surface area (Å²) in [7, 11) is 0.436. The van der Waals surface area contributed by atoms with Crippen LogP contribution in [0.15, 0.2) is 18.2 Å². The van der Waals surface area contributed by atoms with E-state index in [9.17, 15) is 0 Å². The van der Waals surface area contributed by atoms with Crippen molar-refractivity contribution in [1.29, 1.82) is 0 Å². The highest BCUT2D eigenvalue weighted by atomic mass is 28.3. The fourth-order valence-electron chi connectivity index (χ4n) is 1.18. The van der Waals surface area contributed by atoms with Crippen molar-refractivity contribution in [1.82, 2.24) is 0 Å². The topological polar surface area (TPSA) is 9.23 Å². The fraction of sp³-hybridized carbons (Fsp3) is 0.400. The third-order valence-corrected chi connectivity index (χ3v) is 3.68. The lowest BCUT2D eigenvalue weighted by Crippen LogP contribution is -2.38. The molecule has 0 bridgehead atoms. The Balaban J connectivity index is 3.14. The number of benzene rings is 1. The Morgan fingerprint density at radius 1 is 1.33 bits per heavy atom. The van der Waals surface area contributed by atoms with Crippen molar-refractivity contribution in [2.24, 2.45) is 0 Å². The maximum atomic E-state index is 5.28. The van der Waals surface area contributed by atoms with Crippen molar-refractivity contribution in [3.63, 3.8) is 0 Å². The molecule has 0 saturated carbocycles. The second-order valence-electron chi connectivity index (χ2n) is 3.86. The summed E-state index contributed by atoms with van der Waals surface area (Å²) in [5, 5.41) is 1.27. The van der Waals surface area contributed by atoms with Gasteiger partial charge in [-0.05, 0) is 17.3 Å². The minimum absolute atomic E-state index is 0.983. The molecule has 1 nitrogen and oxygen atoms in total. The van der Waals surface area contributed by atoms with Gasteiger partial charge >= 0.3 is 0 Å². The normalized spacial score (nSPS) is 11.3. The lowest BCUT2D eigenvalue weighted by atomic mass is 10.3. The summed E-state index contributed by atoms with van der Waals surface area (Å²) in [4.78, 5) is 0. The molecule has 0 amide bonds. The van der Waals surface area contributed by atoms with Gasteiger partial charge in [-0.2, -0.15) is 0 Å². The van der Waals surface area contributed by atoms with Crippen LogP contribution in [0, 0.1) is 6.07 Å². The number of ether oxygens (including phenoxy) is 1. The minimum Gasteiger partial charge on any atom is -0.497 e. The molecule has 1 rings (SSSR count). The molecule has 0 aliphatic heterocycles. The van der Waals surface area contributed by atoms with E-state index in [1.54, 1.807) is 7.11 Å². The maximum Gasteiger partial charge on any atom is 0.118 e. The van der Waals surface area contributed by atoms with E-state index in [2.05, 4.69) is 25.7 Å². The molecular formula is C10H15OSi. The van der Waals surface area contributed by atoms with E-state index in [-0.39, 0.29) is 0 Å². The van der Waals surface area contributed by atoms with Crippen LogP contribution in [0.4, 0.5) is 0 Å². The second-order valence-corrected chi connectivity index (χ2v) is 8.86. The number of methoxy groups -OCH3 is 1. The third kappa shape index (κ3) is 1.88. The predicted molar refractivity (Wildman–Crippen MR) is 54.8 cm³/mol. The van der Waals surface area contributed by atoms with E-state index in [0.29, 0.717) is 0 Å². The summed E-state index contributed by atoms with van der Waals surface area (Å²) in [6.45, 7) is 6.88. The predicted octanol–water partition coefficient (Wildman–Crippen LogP) is 2.04. The Morgan fingerprint density at radius 3 is 2.42 bits per heavy atom. The van der Waals surface area contributed by atoms with Crippen LogP contribution in [-0.4, -0.2) is 15.2 Å². The molecule has 0 heterocycles. The summed E-state index contributed by atoms with van der Waals surface area (Å²) < 4.78 is 5.28. The standard InChI is InChI=1S/C10H15OSi/c1-11-9-7-5-6-8-10(9)12(2,3)4/h5-7H,1-4H3. The molecule has 0 atom stereocenters. The highest BCUT2D eigenvalue weighted by Gasteiger charge is 2.20. The summed E-state index contributed by atoms with van der Waals surface area (Å²) in [5.41, 5.74) is 0. The zero-order valence-electron chi connectivity index (χ0n) is 8.14. The molecule has 0 saturated heterocycles. The molecule has 0 spiro atoms. The first-order chi connectivity index (χ1) is 5.55. The first-order valence-electron chi connectivity index (χ1n) is 4.11. The molecule has 65 valence electrons. The van der Waals surface area contributed by atoms with Crippen molar-refractivity contribution >= 4 is 13.3 Å². The second kappa shape index (κ2) is 3.31. The van der Waals surface area contributed by atoms with Gasteiger partial charge in [0.1, 0.15) is 5.75 Å². The van der Waals surface area contributed by atoms with Crippen LogP contribution in [0.3, 0.4) is 0 Å². The van der Waals surface area contributed by atoms with Crippen LogP contribution in [-0.2, 0) is 0 Å². The number of hydrogen-bond donors (Lipinski definition) is 0. The Kier molecular flexibility index (Phi) is 2.57. The van der Waals surface area contributed by atoms with E-state index in [1.807, 2.05) is 18.2 Å². The molecule has 1 aromatic rings. The van der Waals surface area contributed by atoms with Crippen LogP contribution < -0.4 is 9.92 Å². The molecule has 1 radical (unpaired) electrons. The van der Waals surface area contributed by atoms with Crippen LogP contribution >= 0.6 is 0 Å². The SMILES string of the molecule is COc1ccc[c]c1[Si](C)(C)C. The Morgan fingerprint density at radius 2 is 2.00 bits per heavy atom.